The van der Waals surface area contributed by atoms with E-state index in [4.69, 9.17) is 10.00 Å². The van der Waals surface area contributed by atoms with Gasteiger partial charge in [-0.15, -0.1) is 0 Å². The fourth-order valence-corrected chi connectivity index (χ4v) is 2.59. The van der Waals surface area contributed by atoms with E-state index in [0.29, 0.717) is 25.3 Å². The lowest BCUT2D eigenvalue weighted by molar-refractivity contribution is -0.119. The van der Waals surface area contributed by atoms with Gasteiger partial charge in [0.05, 0.1) is 24.9 Å². The zero-order chi connectivity index (χ0) is 16.2. The van der Waals surface area contributed by atoms with Gasteiger partial charge in [0.2, 0.25) is 5.91 Å². The summed E-state index contributed by atoms with van der Waals surface area (Å²) in [7, 11) is 1.62. The number of anilines is 1. The minimum atomic E-state index is -0.170. The molecule has 1 unspecified atom stereocenters. The second-order valence-electron chi connectivity index (χ2n) is 5.39. The van der Waals surface area contributed by atoms with Crippen molar-refractivity contribution in [2.75, 3.05) is 25.5 Å². The Balaban J connectivity index is 1.67. The molecule has 1 aromatic carbocycles. The fourth-order valence-electron chi connectivity index (χ4n) is 2.59. The van der Waals surface area contributed by atoms with Gasteiger partial charge >= 0.3 is 0 Å². The number of ether oxygens (including phenoxy) is 1. The Labute approximate surface area is 134 Å². The van der Waals surface area contributed by atoms with Gasteiger partial charge in [-0.05, 0) is 18.6 Å². The molecule has 1 fully saturated rings. The van der Waals surface area contributed by atoms with Crippen molar-refractivity contribution >= 4 is 11.7 Å². The number of carbonyl (C=O) groups excluding carboxylic acids is 1. The second kappa shape index (κ2) is 6.40. The van der Waals surface area contributed by atoms with Crippen LogP contribution in [0.25, 0.3) is 5.69 Å². The molecule has 1 amide bonds. The van der Waals surface area contributed by atoms with Crippen LogP contribution in [0.15, 0.2) is 36.8 Å². The lowest BCUT2D eigenvalue weighted by atomic mass is 10.1. The van der Waals surface area contributed by atoms with Crippen molar-refractivity contribution in [3.05, 3.63) is 36.8 Å². The van der Waals surface area contributed by atoms with Gasteiger partial charge in [0, 0.05) is 19.2 Å². The number of imidazole rings is 1. The number of nitrogens with zero attached hydrogens (tertiary/aromatic N) is 4. The van der Waals surface area contributed by atoms with Crippen LogP contribution >= 0.6 is 0 Å². The highest BCUT2D eigenvalue weighted by Crippen LogP contribution is 2.20. The van der Waals surface area contributed by atoms with Crippen molar-refractivity contribution in [1.82, 2.24) is 14.5 Å². The molecule has 1 atom stereocenters. The number of amides is 1. The first-order valence-electron chi connectivity index (χ1n) is 7.33. The minimum Gasteiger partial charge on any atom is -0.497 e. The first-order valence-corrected chi connectivity index (χ1v) is 7.33. The maximum Gasteiger partial charge on any atom is 0.230 e. The van der Waals surface area contributed by atoms with Crippen LogP contribution in [-0.4, -0.2) is 40.6 Å². The van der Waals surface area contributed by atoms with Crippen molar-refractivity contribution in [2.24, 2.45) is 5.92 Å². The van der Waals surface area contributed by atoms with Crippen molar-refractivity contribution in [2.45, 2.75) is 6.42 Å². The van der Waals surface area contributed by atoms with Crippen LogP contribution in [0, 0.1) is 17.4 Å². The largest absolute Gasteiger partial charge is 0.497 e. The third kappa shape index (κ3) is 3.26. The van der Waals surface area contributed by atoms with E-state index < -0.39 is 0 Å². The van der Waals surface area contributed by atoms with E-state index >= 15 is 0 Å². The van der Waals surface area contributed by atoms with Crippen LogP contribution in [0.4, 0.5) is 5.82 Å². The van der Waals surface area contributed by atoms with E-state index in [0.717, 1.165) is 11.4 Å². The summed E-state index contributed by atoms with van der Waals surface area (Å²) in [6, 6.07) is 7.57. The lowest BCUT2D eigenvalue weighted by Gasteiger charge is -2.09. The van der Waals surface area contributed by atoms with Gasteiger partial charge in [-0.1, -0.05) is 6.07 Å². The van der Waals surface area contributed by atoms with Gasteiger partial charge < -0.3 is 19.5 Å². The third-order valence-electron chi connectivity index (χ3n) is 3.89. The number of benzene rings is 1. The van der Waals surface area contributed by atoms with E-state index in [1.807, 2.05) is 28.8 Å². The van der Waals surface area contributed by atoms with E-state index in [-0.39, 0.29) is 11.8 Å². The summed E-state index contributed by atoms with van der Waals surface area (Å²) in [5.74, 6) is 0.979. The highest BCUT2D eigenvalue weighted by molar-refractivity contribution is 5.92. The molecule has 2 aromatic rings. The summed E-state index contributed by atoms with van der Waals surface area (Å²) in [6.45, 7) is 1.10. The van der Waals surface area contributed by atoms with Gasteiger partial charge in [-0.2, -0.15) is 5.26 Å². The van der Waals surface area contributed by atoms with Crippen LogP contribution in [0.2, 0.25) is 0 Å². The normalized spacial score (nSPS) is 16.9. The number of nitriles is 1. The zero-order valence-electron chi connectivity index (χ0n) is 12.8. The Morgan fingerprint density at radius 2 is 2.39 bits per heavy atom. The number of likely N-dealkylation sites (tertiary alicyclic amines) is 1. The first-order chi connectivity index (χ1) is 11.2. The molecule has 3 rings (SSSR count). The Morgan fingerprint density at radius 3 is 3.13 bits per heavy atom. The van der Waals surface area contributed by atoms with E-state index in [2.05, 4.69) is 16.5 Å². The number of hydrogen-bond acceptors (Lipinski definition) is 5. The number of rotatable bonds is 4. The van der Waals surface area contributed by atoms with Crippen LogP contribution in [0.3, 0.4) is 0 Å². The molecule has 0 bridgehead atoms. The van der Waals surface area contributed by atoms with Gasteiger partial charge in [0.1, 0.15) is 12.1 Å². The van der Waals surface area contributed by atoms with Crippen LogP contribution in [-0.2, 0) is 4.79 Å². The summed E-state index contributed by atoms with van der Waals surface area (Å²) in [5.41, 5.74) is 0.897. The number of methoxy groups -OCH3 is 1. The number of hydrogen-bond donors (Lipinski definition) is 1. The molecule has 7 nitrogen and oxygen atoms in total. The van der Waals surface area contributed by atoms with Crippen molar-refractivity contribution < 1.29 is 9.53 Å². The molecule has 1 aliphatic heterocycles. The van der Waals surface area contributed by atoms with E-state index in [1.54, 1.807) is 24.5 Å². The van der Waals surface area contributed by atoms with Crippen LogP contribution < -0.4 is 10.1 Å². The maximum atomic E-state index is 12.2. The molecule has 0 radical (unpaired) electrons. The summed E-state index contributed by atoms with van der Waals surface area (Å²) in [6.07, 6.45) is 6.15. The highest BCUT2D eigenvalue weighted by Gasteiger charge is 2.28. The van der Waals surface area contributed by atoms with Crippen LogP contribution in [0.5, 0.6) is 5.75 Å². The van der Waals surface area contributed by atoms with E-state index in [1.165, 1.54) is 0 Å². The molecule has 118 valence electrons. The van der Waals surface area contributed by atoms with Crippen molar-refractivity contribution in [1.29, 1.82) is 5.26 Å². The molecular formula is C16H17N5O2. The Kier molecular flexibility index (Phi) is 4.15. The van der Waals surface area contributed by atoms with Crippen molar-refractivity contribution in [3.63, 3.8) is 0 Å². The van der Waals surface area contributed by atoms with Crippen molar-refractivity contribution in [3.8, 4) is 17.6 Å². The monoisotopic (exact) mass is 311 g/mol. The average Bonchev–Trinajstić information content (AvgIpc) is 3.24. The lowest BCUT2D eigenvalue weighted by Crippen LogP contribution is -2.25. The molecule has 23 heavy (non-hydrogen) atoms. The summed E-state index contributed by atoms with van der Waals surface area (Å²) < 4.78 is 7.02. The van der Waals surface area contributed by atoms with Gasteiger partial charge in [0.25, 0.3) is 0 Å². The zero-order valence-corrected chi connectivity index (χ0v) is 12.8. The Hall–Kier alpha value is -3.01. The molecule has 1 N–H and O–H groups in total. The average molecular weight is 311 g/mol. The topological polar surface area (TPSA) is 83.2 Å². The maximum absolute atomic E-state index is 12.2. The van der Waals surface area contributed by atoms with Gasteiger partial charge in [-0.3, -0.25) is 4.79 Å². The highest BCUT2D eigenvalue weighted by atomic mass is 16.5. The molecule has 1 saturated heterocycles. The second-order valence-corrected chi connectivity index (χ2v) is 5.39. The Bertz CT molecular complexity index is 749. The number of aromatic nitrogens is 2. The molecular weight excluding hydrogens is 294 g/mol. The molecule has 7 heteroatoms. The SMILES string of the molecule is COc1cccc(-n2cnc(NC(=O)C3CCN(C#N)C3)c2)c1. The molecule has 1 aromatic heterocycles. The fraction of sp³-hybridized carbons (Fsp3) is 0.312. The smallest absolute Gasteiger partial charge is 0.230 e. The molecule has 0 saturated carbocycles. The number of carbonyl (C=O) groups is 1. The molecule has 1 aliphatic rings. The molecule has 0 aliphatic carbocycles. The Morgan fingerprint density at radius 1 is 1.52 bits per heavy atom. The molecule has 0 spiro atoms. The minimum absolute atomic E-state index is 0.0985. The standard InChI is InChI=1S/C16H17N5O2/c1-23-14-4-2-3-13(7-14)21-9-15(18-11-21)19-16(22)12-5-6-20(8-12)10-17/h2-4,7,9,11-12H,5-6,8H2,1H3,(H,19,22). The number of nitrogens with one attached hydrogen (secondary N) is 1. The van der Waals surface area contributed by atoms with Gasteiger partial charge in [-0.25, -0.2) is 4.98 Å². The van der Waals surface area contributed by atoms with Gasteiger partial charge in [0.15, 0.2) is 12.0 Å². The summed E-state index contributed by atoms with van der Waals surface area (Å²) >= 11 is 0. The quantitative estimate of drug-likeness (QED) is 0.868. The van der Waals surface area contributed by atoms with Crippen LogP contribution in [0.1, 0.15) is 6.42 Å². The predicted octanol–water partition coefficient (Wildman–Crippen LogP) is 1.62. The summed E-state index contributed by atoms with van der Waals surface area (Å²) in [5, 5.41) is 11.7. The van der Waals surface area contributed by atoms with E-state index in [9.17, 15) is 4.79 Å². The molecule has 2 heterocycles. The predicted molar refractivity (Wildman–Crippen MR) is 84.0 cm³/mol. The first kappa shape index (κ1) is 14.9. The summed E-state index contributed by atoms with van der Waals surface area (Å²) in [4.78, 5) is 18.0. The third-order valence-corrected chi connectivity index (χ3v) is 3.89.